The van der Waals surface area contributed by atoms with Crippen LogP contribution in [0.2, 0.25) is 5.02 Å². The molecule has 0 aliphatic heterocycles. The number of rotatable bonds is 8. The van der Waals surface area contributed by atoms with Gasteiger partial charge in [-0.3, -0.25) is 0 Å². The Labute approximate surface area is 125 Å². The van der Waals surface area contributed by atoms with E-state index in [1.807, 2.05) is 19.2 Å². The Morgan fingerprint density at radius 3 is 2.58 bits per heavy atom. The van der Waals surface area contributed by atoms with E-state index < -0.39 is 9.84 Å². The molecule has 1 rings (SSSR count). The normalized spacial score (nSPS) is 13.7. The monoisotopic (exact) mass is 323 g/mol. The summed E-state index contributed by atoms with van der Waals surface area (Å²) in [5, 5.41) is 6.25. The van der Waals surface area contributed by atoms with Crippen molar-refractivity contribution in [2.75, 3.05) is 18.1 Å². The highest BCUT2D eigenvalue weighted by atomic mass is 35.5. The third-order valence-electron chi connectivity index (χ3n) is 3.08. The van der Waals surface area contributed by atoms with E-state index in [1.165, 1.54) is 0 Å². The van der Waals surface area contributed by atoms with E-state index in [0.29, 0.717) is 6.42 Å². The molecule has 1 aromatic rings. The summed E-state index contributed by atoms with van der Waals surface area (Å²) in [5.41, 5.74) is 1.09. The first-order valence-electron chi connectivity index (χ1n) is 6.58. The first kappa shape index (κ1) is 17.0. The summed E-state index contributed by atoms with van der Waals surface area (Å²) in [6.45, 7) is 6.58. The van der Waals surface area contributed by atoms with E-state index in [0.717, 1.165) is 28.4 Å². The Hall–Kier alpha value is -0.100. The van der Waals surface area contributed by atoms with E-state index in [4.69, 9.17) is 11.6 Å². The molecule has 0 saturated carbocycles. The summed E-state index contributed by atoms with van der Waals surface area (Å²) < 4.78 is 23.0. The second kappa shape index (κ2) is 7.62. The highest BCUT2D eigenvalue weighted by Crippen LogP contribution is 2.34. The fraction of sp³-hybridized carbons (Fsp3) is 0.692. The van der Waals surface area contributed by atoms with Crippen molar-refractivity contribution in [2.45, 2.75) is 39.7 Å². The molecule has 110 valence electrons. The molecule has 0 aliphatic rings. The van der Waals surface area contributed by atoms with Crippen molar-refractivity contribution >= 4 is 32.8 Å². The van der Waals surface area contributed by atoms with Crippen LogP contribution in [0.3, 0.4) is 0 Å². The fourth-order valence-electron chi connectivity index (χ4n) is 1.91. The van der Waals surface area contributed by atoms with Gasteiger partial charge < -0.3 is 5.32 Å². The Bertz CT molecular complexity index is 497. The van der Waals surface area contributed by atoms with E-state index >= 15 is 0 Å². The van der Waals surface area contributed by atoms with Crippen LogP contribution in [0.1, 0.15) is 43.2 Å². The van der Waals surface area contributed by atoms with Crippen molar-refractivity contribution < 1.29 is 8.42 Å². The second-order valence-corrected chi connectivity index (χ2v) is 8.35. The molecule has 0 spiro atoms. The van der Waals surface area contributed by atoms with Gasteiger partial charge in [0.2, 0.25) is 0 Å². The Balaban J connectivity index is 2.66. The maximum absolute atomic E-state index is 11.5. The van der Waals surface area contributed by atoms with E-state index in [2.05, 4.69) is 5.32 Å². The smallest absolute Gasteiger partial charge is 0.150 e. The van der Waals surface area contributed by atoms with Crippen LogP contribution in [-0.4, -0.2) is 26.5 Å². The summed E-state index contributed by atoms with van der Waals surface area (Å²) in [5.74, 6) is 0.477. The molecule has 1 unspecified atom stereocenters. The SMILES string of the molecule is CCNC(CCCS(=O)(=O)CC)c1scc(C)c1Cl. The summed E-state index contributed by atoms with van der Waals surface area (Å²) in [4.78, 5) is 1.12. The van der Waals surface area contributed by atoms with Crippen LogP contribution in [0, 0.1) is 6.92 Å². The third-order valence-corrected chi connectivity index (χ3v) is 6.70. The van der Waals surface area contributed by atoms with Gasteiger partial charge in [0.1, 0.15) is 9.84 Å². The molecule has 1 N–H and O–H groups in total. The van der Waals surface area contributed by atoms with E-state index in [9.17, 15) is 8.42 Å². The molecule has 0 bridgehead atoms. The molecule has 0 radical (unpaired) electrons. The van der Waals surface area contributed by atoms with Gasteiger partial charge in [0.25, 0.3) is 0 Å². The molecule has 0 fully saturated rings. The van der Waals surface area contributed by atoms with Crippen molar-refractivity contribution in [1.29, 1.82) is 0 Å². The quantitative estimate of drug-likeness (QED) is 0.795. The lowest BCUT2D eigenvalue weighted by Crippen LogP contribution is -2.21. The Kier molecular flexibility index (Phi) is 6.80. The van der Waals surface area contributed by atoms with E-state index in [-0.39, 0.29) is 17.5 Å². The lowest BCUT2D eigenvalue weighted by molar-refractivity contribution is 0.513. The zero-order valence-corrected chi connectivity index (χ0v) is 14.1. The lowest BCUT2D eigenvalue weighted by Gasteiger charge is -2.17. The molecule has 0 amide bonds. The minimum atomic E-state index is -2.87. The van der Waals surface area contributed by atoms with Crippen LogP contribution < -0.4 is 5.32 Å². The standard InChI is InChI=1S/C13H22ClNO2S2/c1-4-15-11(7-6-8-19(16,17)5-2)13-12(14)10(3)9-18-13/h9,11,15H,4-8H2,1-3H3. The molecule has 1 heterocycles. The molecule has 3 nitrogen and oxygen atoms in total. The predicted octanol–water partition coefficient (Wildman–Crippen LogP) is 3.58. The van der Waals surface area contributed by atoms with Gasteiger partial charge in [-0.05, 0) is 37.3 Å². The van der Waals surface area contributed by atoms with Crippen molar-refractivity contribution in [1.82, 2.24) is 5.32 Å². The van der Waals surface area contributed by atoms with Gasteiger partial charge in [-0.1, -0.05) is 25.4 Å². The number of sulfone groups is 1. The van der Waals surface area contributed by atoms with Crippen LogP contribution in [0.5, 0.6) is 0 Å². The van der Waals surface area contributed by atoms with Gasteiger partial charge in [-0.25, -0.2) is 8.42 Å². The number of aryl methyl sites for hydroxylation is 1. The number of nitrogens with one attached hydrogen (secondary N) is 1. The molecule has 6 heteroatoms. The second-order valence-electron chi connectivity index (χ2n) is 4.59. The van der Waals surface area contributed by atoms with Gasteiger partial charge in [0.15, 0.2) is 0 Å². The average Bonchev–Trinajstić information content (AvgIpc) is 2.69. The lowest BCUT2D eigenvalue weighted by atomic mass is 10.1. The third kappa shape index (κ3) is 5.06. The van der Waals surface area contributed by atoms with Gasteiger partial charge in [0, 0.05) is 16.7 Å². The van der Waals surface area contributed by atoms with Crippen LogP contribution >= 0.6 is 22.9 Å². The van der Waals surface area contributed by atoms with Crippen molar-refractivity contribution in [3.8, 4) is 0 Å². The largest absolute Gasteiger partial charge is 0.309 e. The van der Waals surface area contributed by atoms with Crippen LogP contribution in [0.25, 0.3) is 0 Å². The molecule has 0 aromatic carbocycles. The molecule has 19 heavy (non-hydrogen) atoms. The van der Waals surface area contributed by atoms with Crippen molar-refractivity contribution in [3.63, 3.8) is 0 Å². The maximum Gasteiger partial charge on any atom is 0.150 e. The van der Waals surface area contributed by atoms with Crippen molar-refractivity contribution in [3.05, 3.63) is 20.8 Å². The van der Waals surface area contributed by atoms with E-state index in [1.54, 1.807) is 18.3 Å². The maximum atomic E-state index is 11.5. The molecular formula is C13H22ClNO2S2. The van der Waals surface area contributed by atoms with Gasteiger partial charge in [-0.2, -0.15) is 0 Å². The first-order chi connectivity index (χ1) is 8.91. The zero-order valence-electron chi connectivity index (χ0n) is 11.7. The summed E-state index contributed by atoms with van der Waals surface area (Å²) in [7, 11) is -2.87. The molecular weight excluding hydrogens is 302 g/mol. The number of hydrogen-bond acceptors (Lipinski definition) is 4. The summed E-state index contributed by atoms with van der Waals surface area (Å²) in [6.07, 6.45) is 1.47. The Morgan fingerprint density at radius 1 is 1.42 bits per heavy atom. The highest BCUT2D eigenvalue weighted by molar-refractivity contribution is 7.91. The minimum Gasteiger partial charge on any atom is -0.309 e. The van der Waals surface area contributed by atoms with Crippen LogP contribution in [0.4, 0.5) is 0 Å². The van der Waals surface area contributed by atoms with Gasteiger partial charge in [-0.15, -0.1) is 11.3 Å². The highest BCUT2D eigenvalue weighted by Gasteiger charge is 2.18. The minimum absolute atomic E-state index is 0.156. The number of halogens is 1. The topological polar surface area (TPSA) is 46.2 Å². The first-order valence-corrected chi connectivity index (χ1v) is 9.66. The van der Waals surface area contributed by atoms with Crippen LogP contribution in [-0.2, 0) is 9.84 Å². The van der Waals surface area contributed by atoms with Crippen LogP contribution in [0.15, 0.2) is 5.38 Å². The number of thiophene rings is 1. The zero-order chi connectivity index (χ0) is 14.5. The average molecular weight is 324 g/mol. The molecule has 0 aliphatic carbocycles. The molecule has 0 saturated heterocycles. The fourth-order valence-corrected chi connectivity index (χ4v) is 4.24. The predicted molar refractivity (Wildman–Crippen MR) is 84.0 cm³/mol. The molecule has 1 atom stereocenters. The van der Waals surface area contributed by atoms with Gasteiger partial charge in [0.05, 0.1) is 10.8 Å². The Morgan fingerprint density at radius 2 is 2.11 bits per heavy atom. The number of hydrogen-bond donors (Lipinski definition) is 1. The summed E-state index contributed by atoms with van der Waals surface area (Å²) >= 11 is 7.93. The summed E-state index contributed by atoms with van der Waals surface area (Å²) in [6, 6.07) is 0.156. The van der Waals surface area contributed by atoms with Crippen molar-refractivity contribution in [2.24, 2.45) is 0 Å². The molecule has 1 aromatic heterocycles. The van der Waals surface area contributed by atoms with Gasteiger partial charge >= 0.3 is 0 Å².